The Labute approximate surface area is 133 Å². The molecule has 0 heterocycles. The van der Waals surface area contributed by atoms with Crippen LogP contribution in [-0.4, -0.2) is 14.2 Å². The van der Waals surface area contributed by atoms with Gasteiger partial charge in [0, 0.05) is 0 Å². The Bertz CT molecular complexity index is 451. The molecule has 1 aliphatic rings. The van der Waals surface area contributed by atoms with Gasteiger partial charge in [0.15, 0.2) is 11.5 Å². The minimum atomic E-state index is 0.0629. The number of rotatable bonds is 5. The Hall–Kier alpha value is -0.890. The van der Waals surface area contributed by atoms with Gasteiger partial charge in [-0.2, -0.15) is 0 Å². The number of hydrogen-bond acceptors (Lipinski definition) is 2. The highest BCUT2D eigenvalue weighted by molar-refractivity contribution is 6.21. The summed E-state index contributed by atoms with van der Waals surface area (Å²) in [6, 6.07) is 4.07. The van der Waals surface area contributed by atoms with E-state index in [1.54, 1.807) is 14.2 Å². The molecule has 0 aromatic heterocycles. The molecule has 3 heteroatoms. The van der Waals surface area contributed by atoms with Crippen LogP contribution in [0.25, 0.3) is 0 Å². The Kier molecular flexibility index (Phi) is 6.22. The summed E-state index contributed by atoms with van der Waals surface area (Å²) >= 11 is 6.73. The van der Waals surface area contributed by atoms with Crippen LogP contribution in [0.4, 0.5) is 0 Å². The van der Waals surface area contributed by atoms with Gasteiger partial charge in [-0.1, -0.05) is 38.5 Å². The third-order valence-corrected chi connectivity index (χ3v) is 5.04. The lowest BCUT2D eigenvalue weighted by molar-refractivity contribution is 0.353. The Morgan fingerprint density at radius 3 is 2.19 bits per heavy atom. The maximum absolute atomic E-state index is 6.73. The lowest BCUT2D eigenvalue weighted by Gasteiger charge is -2.21. The molecule has 1 aromatic carbocycles. The molecule has 21 heavy (non-hydrogen) atoms. The summed E-state index contributed by atoms with van der Waals surface area (Å²) in [5.74, 6) is 2.31. The molecule has 2 nitrogen and oxygen atoms in total. The van der Waals surface area contributed by atoms with Crippen LogP contribution < -0.4 is 9.47 Å². The van der Waals surface area contributed by atoms with Crippen LogP contribution in [0, 0.1) is 12.8 Å². The van der Waals surface area contributed by atoms with Crippen molar-refractivity contribution in [1.29, 1.82) is 0 Å². The molecular weight excluding hydrogens is 284 g/mol. The number of halogens is 1. The fourth-order valence-corrected chi connectivity index (χ4v) is 3.84. The van der Waals surface area contributed by atoms with Gasteiger partial charge in [0.05, 0.1) is 19.6 Å². The van der Waals surface area contributed by atoms with Crippen LogP contribution in [0.1, 0.15) is 61.4 Å². The molecule has 1 aromatic rings. The van der Waals surface area contributed by atoms with E-state index in [4.69, 9.17) is 21.1 Å². The van der Waals surface area contributed by atoms with E-state index in [2.05, 4.69) is 6.92 Å². The first-order valence-electron chi connectivity index (χ1n) is 8.02. The van der Waals surface area contributed by atoms with E-state index in [1.165, 1.54) is 49.7 Å². The molecule has 0 N–H and O–H groups in total. The summed E-state index contributed by atoms with van der Waals surface area (Å²) in [5, 5.41) is 0.0629. The van der Waals surface area contributed by atoms with Crippen LogP contribution >= 0.6 is 11.6 Å². The van der Waals surface area contributed by atoms with Crippen LogP contribution in [0.3, 0.4) is 0 Å². The molecule has 2 rings (SSSR count). The van der Waals surface area contributed by atoms with Crippen molar-refractivity contribution in [2.24, 2.45) is 5.92 Å². The summed E-state index contributed by atoms with van der Waals surface area (Å²) in [5.41, 5.74) is 2.36. The van der Waals surface area contributed by atoms with Gasteiger partial charge in [0.1, 0.15) is 0 Å². The second kappa shape index (κ2) is 7.93. The van der Waals surface area contributed by atoms with Crippen LogP contribution in [-0.2, 0) is 0 Å². The lowest BCUT2D eigenvalue weighted by atomic mass is 9.91. The minimum Gasteiger partial charge on any atom is -0.493 e. The minimum absolute atomic E-state index is 0.0629. The van der Waals surface area contributed by atoms with Gasteiger partial charge in [0.2, 0.25) is 0 Å². The van der Waals surface area contributed by atoms with Crippen molar-refractivity contribution in [2.45, 2.75) is 57.2 Å². The Balaban J connectivity index is 2.12. The van der Waals surface area contributed by atoms with Gasteiger partial charge in [-0.15, -0.1) is 11.6 Å². The van der Waals surface area contributed by atoms with E-state index in [0.717, 1.165) is 23.8 Å². The molecule has 1 unspecified atom stereocenters. The zero-order valence-electron chi connectivity index (χ0n) is 13.5. The number of alkyl halides is 1. The predicted molar refractivity (Wildman–Crippen MR) is 88.7 cm³/mol. The summed E-state index contributed by atoms with van der Waals surface area (Å²) < 4.78 is 10.8. The zero-order valence-corrected chi connectivity index (χ0v) is 14.2. The van der Waals surface area contributed by atoms with Gasteiger partial charge in [-0.05, 0) is 42.5 Å². The topological polar surface area (TPSA) is 18.5 Å². The molecule has 1 atom stereocenters. The first kappa shape index (κ1) is 16.5. The fourth-order valence-electron chi connectivity index (χ4n) is 3.35. The molecular formula is C18H27ClO2. The number of aryl methyl sites for hydroxylation is 1. The second-order valence-electron chi connectivity index (χ2n) is 6.12. The summed E-state index contributed by atoms with van der Waals surface area (Å²) in [7, 11) is 3.34. The van der Waals surface area contributed by atoms with E-state index >= 15 is 0 Å². The van der Waals surface area contributed by atoms with Crippen molar-refractivity contribution in [2.75, 3.05) is 14.2 Å². The fraction of sp³-hybridized carbons (Fsp3) is 0.667. The molecule has 1 aliphatic carbocycles. The molecule has 0 aliphatic heterocycles. The van der Waals surface area contributed by atoms with Gasteiger partial charge in [-0.3, -0.25) is 0 Å². The maximum atomic E-state index is 6.73. The quantitative estimate of drug-likeness (QED) is 0.516. The molecule has 0 saturated heterocycles. The highest BCUT2D eigenvalue weighted by Gasteiger charge is 2.20. The van der Waals surface area contributed by atoms with E-state index in [-0.39, 0.29) is 5.38 Å². The van der Waals surface area contributed by atoms with Crippen molar-refractivity contribution in [3.8, 4) is 11.5 Å². The normalized spacial score (nSPS) is 18.1. The average molecular weight is 311 g/mol. The van der Waals surface area contributed by atoms with Crippen LogP contribution in [0.15, 0.2) is 12.1 Å². The molecule has 0 amide bonds. The Morgan fingerprint density at radius 1 is 1.05 bits per heavy atom. The van der Waals surface area contributed by atoms with Gasteiger partial charge < -0.3 is 9.47 Å². The summed E-state index contributed by atoms with van der Waals surface area (Å²) in [4.78, 5) is 0. The third kappa shape index (κ3) is 4.29. The van der Waals surface area contributed by atoms with E-state index in [0.29, 0.717) is 0 Å². The molecule has 0 bridgehead atoms. The second-order valence-corrected chi connectivity index (χ2v) is 6.65. The van der Waals surface area contributed by atoms with Gasteiger partial charge in [-0.25, -0.2) is 0 Å². The largest absolute Gasteiger partial charge is 0.493 e. The summed E-state index contributed by atoms with van der Waals surface area (Å²) in [6.45, 7) is 2.10. The van der Waals surface area contributed by atoms with Gasteiger partial charge >= 0.3 is 0 Å². The Morgan fingerprint density at radius 2 is 1.62 bits per heavy atom. The highest BCUT2D eigenvalue weighted by atomic mass is 35.5. The highest BCUT2D eigenvalue weighted by Crippen LogP contribution is 2.39. The SMILES string of the molecule is COc1cc(C)c(C(Cl)CC2CCCCCC2)cc1OC. The number of ether oxygens (including phenoxy) is 2. The van der Waals surface area contributed by atoms with Crippen molar-refractivity contribution in [3.05, 3.63) is 23.3 Å². The van der Waals surface area contributed by atoms with Crippen LogP contribution in [0.2, 0.25) is 0 Å². The van der Waals surface area contributed by atoms with Crippen molar-refractivity contribution < 1.29 is 9.47 Å². The number of methoxy groups -OCH3 is 2. The standard InChI is InChI=1S/C18H27ClO2/c1-13-10-17(20-2)18(21-3)12-15(13)16(19)11-14-8-6-4-5-7-9-14/h10,12,14,16H,4-9,11H2,1-3H3. The van der Waals surface area contributed by atoms with E-state index in [9.17, 15) is 0 Å². The molecule has 0 spiro atoms. The van der Waals surface area contributed by atoms with Crippen molar-refractivity contribution in [1.82, 2.24) is 0 Å². The lowest BCUT2D eigenvalue weighted by Crippen LogP contribution is -2.05. The predicted octanol–water partition coefficient (Wildman–Crippen LogP) is 5.65. The molecule has 118 valence electrons. The first-order chi connectivity index (χ1) is 10.2. The van der Waals surface area contributed by atoms with Gasteiger partial charge in [0.25, 0.3) is 0 Å². The van der Waals surface area contributed by atoms with Crippen molar-refractivity contribution in [3.63, 3.8) is 0 Å². The smallest absolute Gasteiger partial charge is 0.161 e. The number of hydrogen-bond donors (Lipinski definition) is 0. The first-order valence-corrected chi connectivity index (χ1v) is 8.46. The number of benzene rings is 1. The van der Waals surface area contributed by atoms with E-state index < -0.39 is 0 Å². The zero-order chi connectivity index (χ0) is 15.2. The van der Waals surface area contributed by atoms with E-state index in [1.807, 2.05) is 12.1 Å². The third-order valence-electron chi connectivity index (χ3n) is 4.62. The average Bonchev–Trinajstić information content (AvgIpc) is 2.75. The monoisotopic (exact) mass is 310 g/mol. The van der Waals surface area contributed by atoms with Crippen LogP contribution in [0.5, 0.6) is 11.5 Å². The molecule has 0 radical (unpaired) electrons. The molecule has 1 fully saturated rings. The molecule has 1 saturated carbocycles. The maximum Gasteiger partial charge on any atom is 0.161 e. The summed E-state index contributed by atoms with van der Waals surface area (Å²) in [6.07, 6.45) is 9.22. The van der Waals surface area contributed by atoms with Crippen molar-refractivity contribution >= 4 is 11.6 Å².